The molecule has 20 heavy (non-hydrogen) atoms. The van der Waals surface area contributed by atoms with Crippen LogP contribution in [-0.4, -0.2) is 6.54 Å². The van der Waals surface area contributed by atoms with Crippen molar-refractivity contribution in [1.29, 1.82) is 0 Å². The van der Waals surface area contributed by atoms with Crippen LogP contribution in [0.4, 0.5) is 4.39 Å². The van der Waals surface area contributed by atoms with Crippen LogP contribution < -0.4 is 10.5 Å². The van der Waals surface area contributed by atoms with Gasteiger partial charge in [-0.2, -0.15) is 0 Å². The summed E-state index contributed by atoms with van der Waals surface area (Å²) in [6.45, 7) is 0.798. The van der Waals surface area contributed by atoms with Crippen LogP contribution in [0.3, 0.4) is 0 Å². The van der Waals surface area contributed by atoms with Gasteiger partial charge in [0.25, 0.3) is 0 Å². The summed E-state index contributed by atoms with van der Waals surface area (Å²) < 4.78 is 18.4. The van der Waals surface area contributed by atoms with Crippen molar-refractivity contribution in [2.45, 2.75) is 13.0 Å². The van der Waals surface area contributed by atoms with Gasteiger partial charge in [-0.05, 0) is 60.5 Å². The van der Waals surface area contributed by atoms with Crippen LogP contribution in [0.15, 0.2) is 36.4 Å². The monoisotopic (exact) mass is 313 g/mol. The van der Waals surface area contributed by atoms with Gasteiger partial charge < -0.3 is 10.5 Å². The molecule has 0 saturated carbocycles. The third-order valence-corrected chi connectivity index (χ3v) is 3.41. The van der Waals surface area contributed by atoms with Gasteiger partial charge in [0.05, 0.1) is 0 Å². The largest absolute Gasteiger partial charge is 0.489 e. The van der Waals surface area contributed by atoms with Crippen molar-refractivity contribution in [3.05, 3.63) is 63.4 Å². The first-order valence-corrected chi connectivity index (χ1v) is 6.91. The molecule has 5 heteroatoms. The van der Waals surface area contributed by atoms with Crippen LogP contribution in [0.25, 0.3) is 0 Å². The summed E-state index contributed by atoms with van der Waals surface area (Å²) in [5.41, 5.74) is 7.40. The fraction of sp³-hybridized carbons (Fsp3) is 0.200. The SMILES string of the molecule is NCCc1c(Cl)cc(Cl)cc1COc1ccc(F)cc1. The van der Waals surface area contributed by atoms with E-state index < -0.39 is 0 Å². The molecule has 0 saturated heterocycles. The fourth-order valence-electron chi connectivity index (χ4n) is 1.90. The predicted octanol–water partition coefficient (Wildman–Crippen LogP) is 4.21. The molecule has 0 fully saturated rings. The van der Waals surface area contributed by atoms with Crippen molar-refractivity contribution < 1.29 is 9.13 Å². The summed E-state index contributed by atoms with van der Waals surface area (Å²) >= 11 is 12.2. The third kappa shape index (κ3) is 3.85. The zero-order chi connectivity index (χ0) is 14.5. The van der Waals surface area contributed by atoms with E-state index in [1.807, 2.05) is 6.07 Å². The third-order valence-electron chi connectivity index (χ3n) is 2.85. The molecule has 0 unspecified atom stereocenters. The second kappa shape index (κ2) is 6.93. The quantitative estimate of drug-likeness (QED) is 0.897. The lowest BCUT2D eigenvalue weighted by Gasteiger charge is -2.13. The van der Waals surface area contributed by atoms with Gasteiger partial charge >= 0.3 is 0 Å². The van der Waals surface area contributed by atoms with Crippen molar-refractivity contribution in [1.82, 2.24) is 0 Å². The second-order valence-corrected chi connectivity index (χ2v) is 5.15. The van der Waals surface area contributed by atoms with Gasteiger partial charge in [0.2, 0.25) is 0 Å². The molecule has 0 radical (unpaired) electrons. The number of ether oxygens (including phenoxy) is 1. The number of halogens is 3. The van der Waals surface area contributed by atoms with Gasteiger partial charge in [-0.3, -0.25) is 0 Å². The Morgan fingerprint density at radius 2 is 1.80 bits per heavy atom. The van der Waals surface area contributed by atoms with Crippen LogP contribution in [0.5, 0.6) is 5.75 Å². The van der Waals surface area contributed by atoms with Gasteiger partial charge in [0, 0.05) is 10.0 Å². The van der Waals surface area contributed by atoms with Crippen LogP contribution in [-0.2, 0) is 13.0 Å². The Bertz CT molecular complexity index is 587. The molecule has 0 spiro atoms. The highest BCUT2D eigenvalue weighted by molar-refractivity contribution is 6.35. The lowest BCUT2D eigenvalue weighted by Crippen LogP contribution is -2.08. The molecular formula is C15H14Cl2FNO. The van der Waals surface area contributed by atoms with E-state index in [1.165, 1.54) is 12.1 Å². The first-order chi connectivity index (χ1) is 9.60. The fourth-order valence-corrected chi connectivity index (χ4v) is 2.53. The molecule has 0 heterocycles. The molecule has 106 valence electrons. The number of hydrogen-bond donors (Lipinski definition) is 1. The highest BCUT2D eigenvalue weighted by Gasteiger charge is 2.09. The first kappa shape index (κ1) is 15.1. The molecule has 0 aliphatic heterocycles. The molecule has 2 N–H and O–H groups in total. The summed E-state index contributed by atoms with van der Waals surface area (Å²) in [7, 11) is 0. The minimum Gasteiger partial charge on any atom is -0.489 e. The smallest absolute Gasteiger partial charge is 0.123 e. The average molecular weight is 314 g/mol. The zero-order valence-electron chi connectivity index (χ0n) is 10.7. The maximum atomic E-state index is 12.8. The first-order valence-electron chi connectivity index (χ1n) is 6.15. The molecule has 2 aromatic carbocycles. The van der Waals surface area contributed by atoms with E-state index >= 15 is 0 Å². The number of nitrogens with two attached hydrogens (primary N) is 1. The molecule has 0 bridgehead atoms. The Morgan fingerprint density at radius 3 is 2.45 bits per heavy atom. The second-order valence-electron chi connectivity index (χ2n) is 4.31. The zero-order valence-corrected chi connectivity index (χ0v) is 12.2. The molecule has 2 rings (SSSR count). The van der Waals surface area contributed by atoms with Crippen LogP contribution >= 0.6 is 23.2 Å². The Balaban J connectivity index is 2.17. The lowest BCUT2D eigenvalue weighted by molar-refractivity contribution is 0.304. The van der Waals surface area contributed by atoms with E-state index in [9.17, 15) is 4.39 Å². The minimum atomic E-state index is -0.299. The lowest BCUT2D eigenvalue weighted by atomic mass is 10.1. The van der Waals surface area contributed by atoms with E-state index in [2.05, 4.69) is 0 Å². The summed E-state index contributed by atoms with van der Waals surface area (Å²) in [5, 5.41) is 1.13. The number of hydrogen-bond acceptors (Lipinski definition) is 2. The molecule has 0 atom stereocenters. The van der Waals surface area contributed by atoms with E-state index in [4.69, 9.17) is 33.7 Å². The average Bonchev–Trinajstić information content (AvgIpc) is 2.41. The standard InChI is InChI=1S/C15H14Cl2FNO/c16-11-7-10(14(5-6-19)15(17)8-11)9-20-13-3-1-12(18)2-4-13/h1-4,7-8H,5-6,9,19H2. The van der Waals surface area contributed by atoms with E-state index in [-0.39, 0.29) is 5.82 Å². The summed E-state index contributed by atoms with van der Waals surface area (Å²) in [4.78, 5) is 0. The Kier molecular flexibility index (Phi) is 5.24. The van der Waals surface area contributed by atoms with Gasteiger partial charge in [0.15, 0.2) is 0 Å². The van der Waals surface area contributed by atoms with Crippen molar-refractivity contribution in [3.63, 3.8) is 0 Å². The van der Waals surface area contributed by atoms with E-state index in [1.54, 1.807) is 18.2 Å². The topological polar surface area (TPSA) is 35.2 Å². The minimum absolute atomic E-state index is 0.299. The van der Waals surface area contributed by atoms with Crippen molar-refractivity contribution in [2.24, 2.45) is 5.73 Å². The Morgan fingerprint density at radius 1 is 1.10 bits per heavy atom. The number of rotatable bonds is 5. The van der Waals surface area contributed by atoms with Crippen LogP contribution in [0.2, 0.25) is 10.0 Å². The molecule has 2 nitrogen and oxygen atoms in total. The maximum absolute atomic E-state index is 12.8. The van der Waals surface area contributed by atoms with Crippen molar-refractivity contribution >= 4 is 23.2 Å². The van der Waals surface area contributed by atoms with Crippen molar-refractivity contribution in [3.8, 4) is 5.75 Å². The number of benzene rings is 2. The van der Waals surface area contributed by atoms with Gasteiger partial charge in [0.1, 0.15) is 18.2 Å². The van der Waals surface area contributed by atoms with Crippen LogP contribution in [0, 0.1) is 5.82 Å². The normalized spacial score (nSPS) is 10.6. The Hall–Kier alpha value is -1.29. The Labute approximate surface area is 127 Å². The van der Waals surface area contributed by atoms with Gasteiger partial charge in [-0.1, -0.05) is 23.2 Å². The summed E-state index contributed by atoms with van der Waals surface area (Å²) in [5.74, 6) is 0.285. The molecule has 0 amide bonds. The molecule has 0 aliphatic carbocycles. The summed E-state index contributed by atoms with van der Waals surface area (Å²) in [6, 6.07) is 9.34. The van der Waals surface area contributed by atoms with E-state index in [0.29, 0.717) is 35.4 Å². The molecular weight excluding hydrogens is 300 g/mol. The molecule has 2 aromatic rings. The van der Waals surface area contributed by atoms with Gasteiger partial charge in [-0.25, -0.2) is 4.39 Å². The van der Waals surface area contributed by atoms with Gasteiger partial charge in [-0.15, -0.1) is 0 Å². The predicted molar refractivity (Wildman–Crippen MR) is 80.0 cm³/mol. The highest BCUT2D eigenvalue weighted by atomic mass is 35.5. The van der Waals surface area contributed by atoms with Crippen molar-refractivity contribution in [2.75, 3.05) is 6.54 Å². The summed E-state index contributed by atoms with van der Waals surface area (Å²) in [6.07, 6.45) is 0.651. The van der Waals surface area contributed by atoms with E-state index in [0.717, 1.165) is 11.1 Å². The molecule has 0 aromatic heterocycles. The molecule has 0 aliphatic rings. The maximum Gasteiger partial charge on any atom is 0.123 e. The van der Waals surface area contributed by atoms with Crippen LogP contribution in [0.1, 0.15) is 11.1 Å². The highest BCUT2D eigenvalue weighted by Crippen LogP contribution is 2.27.